The van der Waals surface area contributed by atoms with E-state index in [2.05, 4.69) is 42.2 Å². The molecule has 0 saturated carbocycles. The quantitative estimate of drug-likeness (QED) is 0.694. The van der Waals surface area contributed by atoms with E-state index in [-0.39, 0.29) is 0 Å². The van der Waals surface area contributed by atoms with Gasteiger partial charge in [0.25, 0.3) is 0 Å². The Balaban J connectivity index is 0.000000461. The van der Waals surface area contributed by atoms with Crippen LogP contribution in [0.3, 0.4) is 0 Å². The first-order valence-electron chi connectivity index (χ1n) is 5.07. The van der Waals surface area contributed by atoms with Crippen LogP contribution in [0.4, 0.5) is 0 Å². The van der Waals surface area contributed by atoms with Crippen molar-refractivity contribution < 1.29 is 0 Å². The third-order valence-electron chi connectivity index (χ3n) is 1.93. The van der Waals surface area contributed by atoms with Crippen LogP contribution in [0, 0.1) is 6.92 Å². The normalized spacial score (nSPS) is 9.07. The summed E-state index contributed by atoms with van der Waals surface area (Å²) >= 11 is 0. The van der Waals surface area contributed by atoms with Gasteiger partial charge in [-0.15, -0.1) is 0 Å². The standard InChI is InChI=1S/C11H11N.C2H6/c1-9-4-2-5-10(8-9)11-6-3-7-12-11;1-2/h2-8,12H,1H3;1-2H3. The van der Waals surface area contributed by atoms with Crippen molar-refractivity contribution in [1.29, 1.82) is 0 Å². The molecular formula is C13H17N. The topological polar surface area (TPSA) is 15.8 Å². The van der Waals surface area contributed by atoms with Crippen LogP contribution < -0.4 is 0 Å². The number of H-pyrrole nitrogens is 1. The Kier molecular flexibility index (Phi) is 3.99. The van der Waals surface area contributed by atoms with Gasteiger partial charge in [0, 0.05) is 11.9 Å². The van der Waals surface area contributed by atoms with Gasteiger partial charge >= 0.3 is 0 Å². The van der Waals surface area contributed by atoms with E-state index in [9.17, 15) is 0 Å². The summed E-state index contributed by atoms with van der Waals surface area (Å²) in [6.45, 7) is 6.10. The van der Waals surface area contributed by atoms with Crippen molar-refractivity contribution in [2.45, 2.75) is 20.8 Å². The molecule has 2 rings (SSSR count). The monoisotopic (exact) mass is 187 g/mol. The molecule has 0 amide bonds. The molecule has 0 saturated heterocycles. The molecule has 0 fully saturated rings. The first-order valence-corrected chi connectivity index (χ1v) is 5.07. The van der Waals surface area contributed by atoms with E-state index in [0.29, 0.717) is 0 Å². The van der Waals surface area contributed by atoms with Gasteiger partial charge in [-0.25, -0.2) is 0 Å². The van der Waals surface area contributed by atoms with Crippen LogP contribution in [0.2, 0.25) is 0 Å². The molecule has 0 unspecified atom stereocenters. The van der Waals surface area contributed by atoms with Crippen LogP contribution in [0.5, 0.6) is 0 Å². The summed E-state index contributed by atoms with van der Waals surface area (Å²) in [5, 5.41) is 0. The molecule has 1 N–H and O–H groups in total. The summed E-state index contributed by atoms with van der Waals surface area (Å²) in [6, 6.07) is 12.6. The molecule has 2 aromatic rings. The largest absolute Gasteiger partial charge is 0.361 e. The minimum Gasteiger partial charge on any atom is -0.361 e. The second-order valence-corrected chi connectivity index (χ2v) is 2.95. The maximum absolute atomic E-state index is 3.18. The van der Waals surface area contributed by atoms with Crippen molar-refractivity contribution >= 4 is 0 Å². The van der Waals surface area contributed by atoms with Crippen LogP contribution in [-0.4, -0.2) is 4.98 Å². The van der Waals surface area contributed by atoms with E-state index in [1.807, 2.05) is 26.1 Å². The van der Waals surface area contributed by atoms with Gasteiger partial charge < -0.3 is 4.98 Å². The molecule has 0 aliphatic heterocycles. The van der Waals surface area contributed by atoms with Crippen molar-refractivity contribution in [3.63, 3.8) is 0 Å². The number of rotatable bonds is 1. The Morgan fingerprint density at radius 2 is 1.79 bits per heavy atom. The lowest BCUT2D eigenvalue weighted by atomic mass is 10.1. The van der Waals surface area contributed by atoms with E-state index in [1.54, 1.807) is 0 Å². The molecule has 1 heteroatoms. The highest BCUT2D eigenvalue weighted by Gasteiger charge is 1.95. The summed E-state index contributed by atoms with van der Waals surface area (Å²) in [7, 11) is 0. The van der Waals surface area contributed by atoms with Gasteiger partial charge in [0.15, 0.2) is 0 Å². The molecule has 0 spiro atoms. The molecular weight excluding hydrogens is 170 g/mol. The number of aromatic nitrogens is 1. The minimum absolute atomic E-state index is 1.18. The van der Waals surface area contributed by atoms with Gasteiger partial charge in [-0.2, -0.15) is 0 Å². The third-order valence-corrected chi connectivity index (χ3v) is 1.93. The Morgan fingerprint density at radius 3 is 2.36 bits per heavy atom. The lowest BCUT2D eigenvalue weighted by Crippen LogP contribution is -1.77. The maximum Gasteiger partial charge on any atom is 0.0453 e. The summed E-state index contributed by atoms with van der Waals surface area (Å²) in [5.74, 6) is 0. The van der Waals surface area contributed by atoms with Crippen molar-refractivity contribution in [2.75, 3.05) is 0 Å². The van der Waals surface area contributed by atoms with E-state index >= 15 is 0 Å². The molecule has 1 nitrogen and oxygen atoms in total. The number of hydrogen-bond acceptors (Lipinski definition) is 0. The average molecular weight is 187 g/mol. The summed E-state index contributed by atoms with van der Waals surface area (Å²) < 4.78 is 0. The second kappa shape index (κ2) is 5.28. The number of nitrogens with one attached hydrogen (secondary N) is 1. The molecule has 74 valence electrons. The predicted octanol–water partition coefficient (Wildman–Crippen LogP) is 4.02. The maximum atomic E-state index is 3.18. The number of aryl methyl sites for hydroxylation is 1. The highest BCUT2D eigenvalue weighted by atomic mass is 14.7. The average Bonchev–Trinajstić information content (AvgIpc) is 2.74. The highest BCUT2D eigenvalue weighted by Crippen LogP contribution is 2.17. The summed E-state index contributed by atoms with van der Waals surface area (Å²) in [5.41, 5.74) is 3.72. The smallest absolute Gasteiger partial charge is 0.0453 e. The van der Waals surface area contributed by atoms with Crippen molar-refractivity contribution in [1.82, 2.24) is 4.98 Å². The van der Waals surface area contributed by atoms with Gasteiger partial charge in [-0.3, -0.25) is 0 Å². The van der Waals surface area contributed by atoms with Crippen LogP contribution in [-0.2, 0) is 0 Å². The first kappa shape index (κ1) is 10.6. The molecule has 0 radical (unpaired) electrons. The Hall–Kier alpha value is -1.50. The van der Waals surface area contributed by atoms with Gasteiger partial charge in [0.05, 0.1) is 0 Å². The molecule has 0 aliphatic rings. The van der Waals surface area contributed by atoms with E-state index in [4.69, 9.17) is 0 Å². The highest BCUT2D eigenvalue weighted by molar-refractivity contribution is 5.59. The number of aromatic amines is 1. The van der Waals surface area contributed by atoms with Gasteiger partial charge in [0.2, 0.25) is 0 Å². The lowest BCUT2D eigenvalue weighted by molar-refractivity contribution is 1.38. The van der Waals surface area contributed by atoms with Gasteiger partial charge in [0.1, 0.15) is 0 Å². The molecule has 1 heterocycles. The summed E-state index contributed by atoms with van der Waals surface area (Å²) in [6.07, 6.45) is 1.94. The number of hydrogen-bond donors (Lipinski definition) is 1. The van der Waals surface area contributed by atoms with E-state index < -0.39 is 0 Å². The Bertz CT molecular complexity index is 360. The third kappa shape index (κ3) is 2.49. The Morgan fingerprint density at radius 1 is 1.00 bits per heavy atom. The number of benzene rings is 1. The Labute approximate surface area is 85.8 Å². The predicted molar refractivity (Wildman–Crippen MR) is 62.3 cm³/mol. The molecule has 0 aliphatic carbocycles. The van der Waals surface area contributed by atoms with E-state index in [0.717, 1.165) is 0 Å². The van der Waals surface area contributed by atoms with Crippen LogP contribution in [0.1, 0.15) is 19.4 Å². The molecule has 0 atom stereocenters. The zero-order valence-corrected chi connectivity index (χ0v) is 9.04. The SMILES string of the molecule is CC.Cc1cccc(-c2ccc[nH]2)c1. The van der Waals surface area contributed by atoms with E-state index in [1.165, 1.54) is 16.8 Å². The fourth-order valence-corrected chi connectivity index (χ4v) is 1.32. The second-order valence-electron chi connectivity index (χ2n) is 2.95. The van der Waals surface area contributed by atoms with Crippen LogP contribution in [0.15, 0.2) is 42.6 Å². The van der Waals surface area contributed by atoms with Crippen LogP contribution >= 0.6 is 0 Å². The van der Waals surface area contributed by atoms with Gasteiger partial charge in [-0.1, -0.05) is 37.6 Å². The van der Waals surface area contributed by atoms with Crippen molar-refractivity contribution in [3.05, 3.63) is 48.2 Å². The molecule has 1 aromatic heterocycles. The lowest BCUT2D eigenvalue weighted by Gasteiger charge is -1.98. The molecule has 1 aromatic carbocycles. The first-order chi connectivity index (χ1) is 6.86. The van der Waals surface area contributed by atoms with Crippen molar-refractivity contribution in [2.24, 2.45) is 0 Å². The summed E-state index contributed by atoms with van der Waals surface area (Å²) in [4.78, 5) is 3.18. The fraction of sp³-hybridized carbons (Fsp3) is 0.231. The van der Waals surface area contributed by atoms with Crippen molar-refractivity contribution in [3.8, 4) is 11.3 Å². The van der Waals surface area contributed by atoms with Crippen LogP contribution in [0.25, 0.3) is 11.3 Å². The zero-order chi connectivity index (χ0) is 10.4. The van der Waals surface area contributed by atoms with Gasteiger partial charge in [-0.05, 0) is 30.7 Å². The molecule has 0 bridgehead atoms. The fourth-order valence-electron chi connectivity index (χ4n) is 1.32. The minimum atomic E-state index is 1.18. The zero-order valence-electron chi connectivity index (χ0n) is 9.04. The molecule has 14 heavy (non-hydrogen) atoms.